The summed E-state index contributed by atoms with van der Waals surface area (Å²) in [4.78, 5) is 1.93. The van der Waals surface area contributed by atoms with Crippen molar-refractivity contribution in [2.75, 3.05) is 31.1 Å². The fourth-order valence-corrected chi connectivity index (χ4v) is 4.34. The minimum absolute atomic E-state index is 0.366. The van der Waals surface area contributed by atoms with Crippen LogP contribution in [0.25, 0.3) is 16.8 Å². The van der Waals surface area contributed by atoms with Crippen LogP contribution in [0.2, 0.25) is 0 Å². The van der Waals surface area contributed by atoms with Crippen molar-refractivity contribution in [3.8, 4) is 6.07 Å². The molecule has 0 aliphatic carbocycles. The maximum absolute atomic E-state index is 12.3. The Kier molecular flexibility index (Phi) is 6.87. The normalized spacial score (nSPS) is 16.6. The van der Waals surface area contributed by atoms with E-state index in [1.165, 1.54) is 31.0 Å². The van der Waals surface area contributed by atoms with Gasteiger partial charge >= 0.3 is 0 Å². The first-order valence-corrected chi connectivity index (χ1v) is 11.1. The van der Waals surface area contributed by atoms with Crippen LogP contribution in [0.4, 0.5) is 5.69 Å². The van der Waals surface area contributed by atoms with Gasteiger partial charge in [-0.15, -0.1) is 0 Å². The molecule has 1 heterocycles. The Morgan fingerprint density at radius 2 is 1.86 bits per heavy atom. The first-order valence-electron chi connectivity index (χ1n) is 9.62. The summed E-state index contributed by atoms with van der Waals surface area (Å²) in [6, 6.07) is 13.4. The molecule has 1 aliphatic heterocycles. The topological polar surface area (TPSA) is 114 Å². The van der Waals surface area contributed by atoms with E-state index in [0.29, 0.717) is 5.56 Å². The molecule has 1 aliphatic rings. The molecule has 2 aromatic rings. The number of hydrogen-bond acceptors (Lipinski definition) is 6. The summed E-state index contributed by atoms with van der Waals surface area (Å²) in [5.41, 5.74) is 1.78. The summed E-state index contributed by atoms with van der Waals surface area (Å²) in [6.07, 6.45) is 3.76. The second-order valence-corrected chi connectivity index (χ2v) is 8.88. The van der Waals surface area contributed by atoms with Gasteiger partial charge in [0.15, 0.2) is 4.91 Å². The maximum atomic E-state index is 12.3. The first-order chi connectivity index (χ1) is 13.9. The van der Waals surface area contributed by atoms with Crippen molar-refractivity contribution < 1.29 is 18.6 Å². The Labute approximate surface area is 170 Å². The van der Waals surface area contributed by atoms with E-state index in [1.807, 2.05) is 18.2 Å². The molecule has 7 nitrogen and oxygen atoms in total. The summed E-state index contributed by atoms with van der Waals surface area (Å²) in [5.74, 6) is 0. The summed E-state index contributed by atoms with van der Waals surface area (Å²) in [6.45, 7) is 1.19. The highest BCUT2D eigenvalue weighted by molar-refractivity contribution is 7.93. The Bertz CT molecular complexity index is 1040. The summed E-state index contributed by atoms with van der Waals surface area (Å²) in [5, 5.41) is 29.4. The number of fused-ring (bicyclic) bond motifs is 1. The highest BCUT2D eigenvalue weighted by Crippen LogP contribution is 2.26. The highest BCUT2D eigenvalue weighted by Gasteiger charge is 2.19. The van der Waals surface area contributed by atoms with Crippen molar-refractivity contribution in [3.63, 3.8) is 0 Å². The molecule has 2 aromatic carbocycles. The van der Waals surface area contributed by atoms with Gasteiger partial charge in [0, 0.05) is 25.3 Å². The number of aliphatic hydroxyl groups excluding tert-OH is 2. The number of anilines is 1. The van der Waals surface area contributed by atoms with E-state index in [1.54, 1.807) is 12.1 Å². The van der Waals surface area contributed by atoms with E-state index in [2.05, 4.69) is 21.8 Å². The van der Waals surface area contributed by atoms with Gasteiger partial charge in [0.1, 0.15) is 6.07 Å². The van der Waals surface area contributed by atoms with Gasteiger partial charge in [0.05, 0.1) is 12.7 Å². The minimum Gasteiger partial charge on any atom is -0.394 e. The summed E-state index contributed by atoms with van der Waals surface area (Å²) in [7, 11) is -4.08. The van der Waals surface area contributed by atoms with Gasteiger partial charge in [-0.25, -0.2) is 13.1 Å². The molecular weight excluding hydrogens is 390 g/mol. The molecule has 1 unspecified atom stereocenters. The Balaban J connectivity index is 1.84. The molecule has 0 aromatic heterocycles. The number of rotatable bonds is 7. The van der Waals surface area contributed by atoms with Crippen LogP contribution < -0.4 is 9.62 Å². The second-order valence-electron chi connectivity index (χ2n) is 7.15. The quantitative estimate of drug-likeness (QED) is 0.596. The zero-order valence-electron chi connectivity index (χ0n) is 16.1. The minimum atomic E-state index is -4.08. The Hall–Kier alpha value is -2.44. The molecule has 8 heteroatoms. The van der Waals surface area contributed by atoms with Crippen LogP contribution in [0.3, 0.4) is 0 Å². The van der Waals surface area contributed by atoms with E-state index >= 15 is 0 Å². The van der Waals surface area contributed by atoms with Crippen molar-refractivity contribution >= 4 is 32.6 Å². The third-order valence-electron chi connectivity index (χ3n) is 4.99. The number of nitrogens with one attached hydrogen (secondary N) is 1. The van der Waals surface area contributed by atoms with Crippen LogP contribution in [0.5, 0.6) is 0 Å². The van der Waals surface area contributed by atoms with Gasteiger partial charge in [0.25, 0.3) is 10.0 Å². The number of nitrogens with zero attached hydrogens (tertiary/aromatic N) is 2. The predicted octanol–water partition coefficient (Wildman–Crippen LogP) is 1.97. The SMILES string of the molecule is N#C/C(=C/c1ccc2cc(N3CCCCC3)ccc2c1)S(=O)(=O)NCC(O)CO. The molecule has 1 saturated heterocycles. The smallest absolute Gasteiger partial charge is 0.250 e. The molecule has 0 bridgehead atoms. The fourth-order valence-electron chi connectivity index (χ4n) is 3.36. The molecule has 1 fully saturated rings. The summed E-state index contributed by atoms with van der Waals surface area (Å²) < 4.78 is 26.7. The van der Waals surface area contributed by atoms with Crippen LogP contribution in [0.1, 0.15) is 24.8 Å². The fraction of sp³-hybridized carbons (Fsp3) is 0.381. The van der Waals surface area contributed by atoms with E-state index in [-0.39, 0.29) is 6.54 Å². The van der Waals surface area contributed by atoms with Gasteiger partial charge in [0.2, 0.25) is 0 Å². The van der Waals surface area contributed by atoms with Crippen molar-refractivity contribution in [1.29, 1.82) is 5.26 Å². The van der Waals surface area contributed by atoms with Crippen LogP contribution in [0.15, 0.2) is 41.3 Å². The molecule has 3 rings (SSSR count). The van der Waals surface area contributed by atoms with E-state index in [9.17, 15) is 18.8 Å². The monoisotopic (exact) mass is 415 g/mol. The average Bonchev–Trinajstić information content (AvgIpc) is 2.75. The molecule has 0 amide bonds. The molecular formula is C21H25N3O4S. The van der Waals surface area contributed by atoms with E-state index in [4.69, 9.17) is 5.11 Å². The lowest BCUT2D eigenvalue weighted by Crippen LogP contribution is -2.34. The maximum Gasteiger partial charge on any atom is 0.250 e. The van der Waals surface area contributed by atoms with Gasteiger partial charge in [-0.2, -0.15) is 5.26 Å². The zero-order valence-corrected chi connectivity index (χ0v) is 16.9. The van der Waals surface area contributed by atoms with Gasteiger partial charge in [-0.1, -0.05) is 18.2 Å². The molecule has 0 radical (unpaired) electrons. The third kappa shape index (κ3) is 5.34. The number of piperidine rings is 1. The number of hydrogen-bond donors (Lipinski definition) is 3. The average molecular weight is 416 g/mol. The standard InChI is InChI=1S/C21H25N3O4S/c22-13-21(29(27,28)23-14-20(26)15-25)11-16-4-5-18-12-19(7-6-17(18)10-16)24-8-2-1-3-9-24/h4-7,10-12,20,23,25-26H,1-3,8-9,14-15H2/b21-11-. The highest BCUT2D eigenvalue weighted by atomic mass is 32.2. The van der Waals surface area contributed by atoms with Crippen LogP contribution in [-0.4, -0.2) is 51.0 Å². The largest absolute Gasteiger partial charge is 0.394 e. The molecule has 29 heavy (non-hydrogen) atoms. The van der Waals surface area contributed by atoms with Crippen molar-refractivity contribution in [1.82, 2.24) is 4.72 Å². The number of nitriles is 1. The first kappa shape index (κ1) is 21.3. The Morgan fingerprint density at radius 3 is 2.55 bits per heavy atom. The van der Waals surface area contributed by atoms with Crippen molar-refractivity contribution in [3.05, 3.63) is 46.9 Å². The lowest BCUT2D eigenvalue weighted by molar-refractivity contribution is 0.0989. The molecule has 154 valence electrons. The molecule has 1 atom stereocenters. The third-order valence-corrected chi connectivity index (χ3v) is 6.32. The number of aliphatic hydroxyl groups is 2. The molecule has 0 spiro atoms. The van der Waals surface area contributed by atoms with Gasteiger partial charge in [-0.05, 0) is 59.9 Å². The second kappa shape index (κ2) is 9.37. The van der Waals surface area contributed by atoms with Crippen molar-refractivity contribution in [2.45, 2.75) is 25.4 Å². The van der Waals surface area contributed by atoms with E-state index < -0.39 is 27.6 Å². The van der Waals surface area contributed by atoms with E-state index in [0.717, 1.165) is 23.9 Å². The number of allylic oxidation sites excluding steroid dienone is 1. The predicted molar refractivity (Wildman–Crippen MR) is 114 cm³/mol. The lowest BCUT2D eigenvalue weighted by Gasteiger charge is -2.29. The van der Waals surface area contributed by atoms with Gasteiger partial charge < -0.3 is 15.1 Å². The zero-order chi connectivity index (χ0) is 20.9. The number of sulfonamides is 1. The van der Waals surface area contributed by atoms with Crippen LogP contribution in [-0.2, 0) is 10.0 Å². The lowest BCUT2D eigenvalue weighted by atomic mass is 10.0. The number of benzene rings is 2. The van der Waals surface area contributed by atoms with Crippen LogP contribution in [0, 0.1) is 11.3 Å². The summed E-state index contributed by atoms with van der Waals surface area (Å²) >= 11 is 0. The van der Waals surface area contributed by atoms with Crippen molar-refractivity contribution in [2.24, 2.45) is 0 Å². The molecule has 3 N–H and O–H groups in total. The van der Waals surface area contributed by atoms with Gasteiger partial charge in [-0.3, -0.25) is 0 Å². The molecule has 0 saturated carbocycles. The Morgan fingerprint density at radius 1 is 1.17 bits per heavy atom. The van der Waals surface area contributed by atoms with Crippen LogP contribution >= 0.6 is 0 Å².